The highest BCUT2D eigenvalue weighted by atomic mass is 35.5. The van der Waals surface area contributed by atoms with Gasteiger partial charge in [-0.2, -0.15) is 0 Å². The van der Waals surface area contributed by atoms with Crippen LogP contribution in [0.15, 0.2) is 0 Å². The van der Waals surface area contributed by atoms with Crippen LogP contribution in [0.1, 0.15) is 13.3 Å². The summed E-state index contributed by atoms with van der Waals surface area (Å²) >= 11 is 5.24. The van der Waals surface area contributed by atoms with Gasteiger partial charge in [0.2, 0.25) is 0 Å². The molecule has 0 atom stereocenters. The third kappa shape index (κ3) is 3.93. The predicted octanol–water partition coefficient (Wildman–Crippen LogP) is 1.63. The van der Waals surface area contributed by atoms with Crippen LogP contribution in [0.3, 0.4) is 0 Å². The standard InChI is InChI=1S/C5H10ClNO/c1-2-3-8-5(7)4-6/h7H,2-4H2,1H3. The molecule has 0 saturated carbocycles. The summed E-state index contributed by atoms with van der Waals surface area (Å²) in [6.07, 6.45) is 0.930. The third-order valence-electron chi connectivity index (χ3n) is 0.602. The van der Waals surface area contributed by atoms with E-state index >= 15 is 0 Å². The molecule has 0 aliphatic rings. The van der Waals surface area contributed by atoms with E-state index in [1.54, 1.807) is 0 Å². The number of nitrogens with one attached hydrogen (secondary N) is 1. The Labute approximate surface area is 54.3 Å². The molecule has 0 amide bonds. The minimum Gasteiger partial charge on any atom is -0.480 e. The normalized spacial score (nSPS) is 8.75. The summed E-state index contributed by atoms with van der Waals surface area (Å²) in [6, 6.07) is 0. The lowest BCUT2D eigenvalue weighted by Crippen LogP contribution is -2.04. The van der Waals surface area contributed by atoms with Gasteiger partial charge in [0, 0.05) is 0 Å². The van der Waals surface area contributed by atoms with Crippen molar-refractivity contribution in [3.05, 3.63) is 0 Å². The van der Waals surface area contributed by atoms with E-state index in [1.807, 2.05) is 6.92 Å². The lowest BCUT2D eigenvalue weighted by Gasteiger charge is -1.99. The minimum atomic E-state index is 0.161. The fourth-order valence-corrected chi connectivity index (χ4v) is 0.341. The van der Waals surface area contributed by atoms with Gasteiger partial charge in [-0.15, -0.1) is 11.6 Å². The maximum absolute atomic E-state index is 6.89. The Bertz CT molecular complexity index is 74.8. The molecule has 0 radical (unpaired) electrons. The van der Waals surface area contributed by atoms with E-state index < -0.39 is 0 Å². The first-order valence-corrected chi connectivity index (χ1v) is 3.11. The lowest BCUT2D eigenvalue weighted by atomic mass is 10.5. The van der Waals surface area contributed by atoms with Crippen LogP contribution in [-0.2, 0) is 4.74 Å². The second-order valence-electron chi connectivity index (χ2n) is 1.41. The molecule has 3 heteroatoms. The van der Waals surface area contributed by atoms with E-state index in [2.05, 4.69) is 0 Å². The maximum atomic E-state index is 6.89. The van der Waals surface area contributed by atoms with Crippen molar-refractivity contribution >= 4 is 17.5 Å². The Balaban J connectivity index is 2.99. The molecule has 0 rings (SSSR count). The highest BCUT2D eigenvalue weighted by Crippen LogP contribution is 1.84. The molecule has 0 unspecified atom stereocenters. The van der Waals surface area contributed by atoms with Gasteiger partial charge in [0.05, 0.1) is 12.5 Å². The van der Waals surface area contributed by atoms with Crippen molar-refractivity contribution in [2.45, 2.75) is 13.3 Å². The number of hydrogen-bond donors (Lipinski definition) is 1. The van der Waals surface area contributed by atoms with E-state index in [4.69, 9.17) is 21.7 Å². The first-order chi connectivity index (χ1) is 3.81. The van der Waals surface area contributed by atoms with Gasteiger partial charge in [-0.1, -0.05) is 6.92 Å². The average Bonchev–Trinajstić information content (AvgIpc) is 1.83. The van der Waals surface area contributed by atoms with E-state index in [0.717, 1.165) is 6.42 Å². The van der Waals surface area contributed by atoms with Crippen LogP contribution in [0.5, 0.6) is 0 Å². The summed E-state index contributed by atoms with van der Waals surface area (Å²) in [6.45, 7) is 2.59. The molecule has 0 aromatic rings. The Kier molecular flexibility index (Phi) is 4.76. The van der Waals surface area contributed by atoms with Crippen LogP contribution in [0.2, 0.25) is 0 Å². The highest BCUT2D eigenvalue weighted by Gasteiger charge is 1.89. The molecule has 0 aromatic carbocycles. The molecule has 0 fully saturated rings. The molecule has 0 heterocycles. The maximum Gasteiger partial charge on any atom is 0.195 e. The molecule has 1 N–H and O–H groups in total. The molecule has 0 spiro atoms. The van der Waals surface area contributed by atoms with Crippen LogP contribution >= 0.6 is 11.6 Å². The number of alkyl halides is 1. The molecule has 0 aliphatic carbocycles. The van der Waals surface area contributed by atoms with Crippen LogP contribution in [0, 0.1) is 5.41 Å². The van der Waals surface area contributed by atoms with Gasteiger partial charge in [0.25, 0.3) is 0 Å². The van der Waals surface area contributed by atoms with Crippen molar-refractivity contribution in [3.63, 3.8) is 0 Å². The van der Waals surface area contributed by atoms with Crippen LogP contribution in [-0.4, -0.2) is 18.4 Å². The van der Waals surface area contributed by atoms with Crippen molar-refractivity contribution in [3.8, 4) is 0 Å². The molecule has 8 heavy (non-hydrogen) atoms. The van der Waals surface area contributed by atoms with Gasteiger partial charge in [0.15, 0.2) is 5.90 Å². The van der Waals surface area contributed by atoms with Crippen molar-refractivity contribution in [2.75, 3.05) is 12.5 Å². The second kappa shape index (κ2) is 4.91. The van der Waals surface area contributed by atoms with Crippen molar-refractivity contribution in [1.82, 2.24) is 0 Å². The zero-order valence-electron chi connectivity index (χ0n) is 4.91. The topological polar surface area (TPSA) is 33.1 Å². The van der Waals surface area contributed by atoms with Crippen molar-refractivity contribution in [2.24, 2.45) is 0 Å². The van der Waals surface area contributed by atoms with Gasteiger partial charge in [-0.25, -0.2) is 0 Å². The molecular formula is C5H10ClNO. The monoisotopic (exact) mass is 135 g/mol. The zero-order valence-corrected chi connectivity index (χ0v) is 5.66. The zero-order chi connectivity index (χ0) is 6.41. The Hall–Kier alpha value is -0.240. The molecule has 0 bridgehead atoms. The molecule has 0 saturated heterocycles. The Morgan fingerprint density at radius 1 is 1.75 bits per heavy atom. The molecule has 0 aromatic heterocycles. The molecular weight excluding hydrogens is 126 g/mol. The Morgan fingerprint density at radius 2 is 2.38 bits per heavy atom. The van der Waals surface area contributed by atoms with Gasteiger partial charge in [-0.05, 0) is 6.42 Å². The summed E-state index contributed by atoms with van der Waals surface area (Å²) < 4.78 is 4.79. The van der Waals surface area contributed by atoms with Crippen LogP contribution < -0.4 is 0 Å². The minimum absolute atomic E-state index is 0.161. The lowest BCUT2D eigenvalue weighted by molar-refractivity contribution is 0.300. The SMILES string of the molecule is CCCOC(=N)CCl. The van der Waals surface area contributed by atoms with Crippen molar-refractivity contribution < 1.29 is 4.74 Å². The second-order valence-corrected chi connectivity index (χ2v) is 1.67. The fourth-order valence-electron chi connectivity index (χ4n) is 0.264. The number of rotatable bonds is 3. The number of halogens is 1. The van der Waals surface area contributed by atoms with Gasteiger partial charge < -0.3 is 4.74 Å². The smallest absolute Gasteiger partial charge is 0.195 e. The summed E-state index contributed by atoms with van der Waals surface area (Å²) in [5.74, 6) is 0.341. The van der Waals surface area contributed by atoms with E-state index in [1.165, 1.54) is 0 Å². The molecule has 48 valence electrons. The first-order valence-electron chi connectivity index (χ1n) is 2.57. The van der Waals surface area contributed by atoms with Gasteiger partial charge >= 0.3 is 0 Å². The summed E-state index contributed by atoms with van der Waals surface area (Å²) in [5, 5.41) is 6.89. The van der Waals surface area contributed by atoms with Gasteiger partial charge in [0.1, 0.15) is 0 Å². The fraction of sp³-hybridized carbons (Fsp3) is 0.800. The van der Waals surface area contributed by atoms with Crippen LogP contribution in [0.25, 0.3) is 0 Å². The number of hydrogen-bond acceptors (Lipinski definition) is 2. The molecule has 2 nitrogen and oxygen atoms in total. The summed E-state index contributed by atoms with van der Waals surface area (Å²) in [5.41, 5.74) is 0. The van der Waals surface area contributed by atoms with E-state index in [0.29, 0.717) is 6.61 Å². The van der Waals surface area contributed by atoms with Gasteiger partial charge in [-0.3, -0.25) is 5.41 Å². The average molecular weight is 136 g/mol. The Morgan fingerprint density at radius 3 is 2.75 bits per heavy atom. The largest absolute Gasteiger partial charge is 0.480 e. The number of ether oxygens (including phenoxy) is 1. The molecule has 0 aliphatic heterocycles. The quantitative estimate of drug-likeness (QED) is 0.356. The highest BCUT2D eigenvalue weighted by molar-refractivity contribution is 6.26. The van der Waals surface area contributed by atoms with E-state index in [9.17, 15) is 0 Å². The van der Waals surface area contributed by atoms with Crippen molar-refractivity contribution in [1.29, 1.82) is 5.41 Å². The third-order valence-corrected chi connectivity index (χ3v) is 0.845. The van der Waals surface area contributed by atoms with Crippen LogP contribution in [0.4, 0.5) is 0 Å². The first kappa shape index (κ1) is 7.76. The predicted molar refractivity (Wildman–Crippen MR) is 34.7 cm³/mol. The van der Waals surface area contributed by atoms with E-state index in [-0.39, 0.29) is 11.8 Å². The summed E-state index contributed by atoms with van der Waals surface area (Å²) in [4.78, 5) is 0. The summed E-state index contributed by atoms with van der Waals surface area (Å²) in [7, 11) is 0.